The maximum atomic E-state index is 17.5. The second-order valence-corrected chi connectivity index (χ2v) is 27.9. The molecule has 12 aromatic rings. The zero-order valence-corrected chi connectivity index (χ0v) is 47.9. The first-order valence-corrected chi connectivity index (χ1v) is 32.6. The highest BCUT2D eigenvalue weighted by Crippen LogP contribution is 2.73. The van der Waals surface area contributed by atoms with Crippen molar-refractivity contribution in [3.05, 3.63) is 315 Å². The van der Waals surface area contributed by atoms with Gasteiger partial charge in [0.1, 0.15) is 0 Å². The monoisotopic (exact) mass is 1140 g/mol. The molecular formula is C71H52N7O3P3. The SMILES string of the molecule is O=P1(c2ccc(-c3cc(P4(=O)N(c5ccccc5)c5ccccc5N4c4ccccc4)cc(-c4ccc(P5(=O)N(c6ccccc6)c6ccccc6N5c5ccccc5)cc4)n3)cc2)N(c2ccccc2)c2ccccc2N1c1ccccc1. The maximum absolute atomic E-state index is 17.5. The van der Waals surface area contributed by atoms with Crippen LogP contribution in [0.5, 0.6) is 0 Å². The number of nitrogens with zero attached hydrogens (tertiary/aromatic N) is 7. The van der Waals surface area contributed by atoms with Crippen molar-refractivity contribution in [2.24, 2.45) is 0 Å². The second kappa shape index (κ2) is 20.5. The Morgan fingerprint density at radius 2 is 0.405 bits per heavy atom. The molecule has 13 heteroatoms. The summed E-state index contributed by atoms with van der Waals surface area (Å²) >= 11 is 0. The van der Waals surface area contributed by atoms with E-state index in [9.17, 15) is 0 Å². The van der Waals surface area contributed by atoms with Crippen molar-refractivity contribution in [2.45, 2.75) is 0 Å². The third-order valence-corrected chi connectivity index (χ3v) is 24.6. The molecule has 0 saturated heterocycles. The van der Waals surface area contributed by atoms with Crippen LogP contribution in [-0.4, -0.2) is 4.98 Å². The van der Waals surface area contributed by atoms with E-state index in [2.05, 4.69) is 0 Å². The van der Waals surface area contributed by atoms with Crippen LogP contribution in [0.2, 0.25) is 0 Å². The van der Waals surface area contributed by atoms with Gasteiger partial charge in [-0.1, -0.05) is 170 Å². The van der Waals surface area contributed by atoms with Crippen LogP contribution in [0.3, 0.4) is 0 Å². The molecule has 404 valence electrons. The molecular weight excluding hydrogens is 1090 g/mol. The van der Waals surface area contributed by atoms with Gasteiger partial charge in [0.2, 0.25) is 0 Å². The van der Waals surface area contributed by atoms with Crippen molar-refractivity contribution in [3.8, 4) is 22.5 Å². The average molecular weight is 1140 g/mol. The third-order valence-electron chi connectivity index (χ3n) is 15.8. The van der Waals surface area contributed by atoms with Crippen molar-refractivity contribution in [1.29, 1.82) is 0 Å². The molecule has 0 atom stereocenters. The number of benzene rings is 11. The Balaban J connectivity index is 0.922. The molecule has 3 aliphatic rings. The molecule has 0 bridgehead atoms. The molecule has 0 unspecified atom stereocenters. The first-order valence-electron chi connectivity index (χ1n) is 27.8. The summed E-state index contributed by atoms with van der Waals surface area (Å²) in [6.45, 7) is 0. The number of pyridine rings is 1. The number of hydrogen-bond donors (Lipinski definition) is 0. The fourth-order valence-corrected chi connectivity index (χ4v) is 21.1. The van der Waals surface area contributed by atoms with Gasteiger partial charge in [0.05, 0.1) is 61.4 Å². The molecule has 0 fully saturated rings. The smallest absolute Gasteiger partial charge is 0.270 e. The molecule has 1 aromatic heterocycles. The van der Waals surface area contributed by atoms with Crippen LogP contribution < -0.4 is 43.9 Å². The van der Waals surface area contributed by atoms with Crippen molar-refractivity contribution in [1.82, 2.24) is 4.98 Å². The Morgan fingerprint density at radius 1 is 0.214 bits per heavy atom. The van der Waals surface area contributed by atoms with Gasteiger partial charge in [0.25, 0.3) is 0 Å². The molecule has 0 amide bonds. The molecule has 0 radical (unpaired) electrons. The van der Waals surface area contributed by atoms with E-state index >= 15 is 13.7 Å². The van der Waals surface area contributed by atoms with Gasteiger partial charge in [-0.15, -0.1) is 0 Å². The lowest BCUT2D eigenvalue weighted by Crippen LogP contribution is -2.27. The van der Waals surface area contributed by atoms with Gasteiger partial charge < -0.3 is 0 Å². The first kappa shape index (κ1) is 51.0. The summed E-state index contributed by atoms with van der Waals surface area (Å²) in [5, 5.41) is 1.77. The Morgan fingerprint density at radius 3 is 0.619 bits per heavy atom. The van der Waals surface area contributed by atoms with E-state index in [0.717, 1.165) is 79.4 Å². The normalized spacial score (nSPS) is 15.2. The van der Waals surface area contributed by atoms with E-state index in [4.69, 9.17) is 4.98 Å². The Bertz CT molecular complexity index is 4140. The molecule has 0 N–H and O–H groups in total. The molecule has 0 saturated carbocycles. The van der Waals surface area contributed by atoms with Crippen molar-refractivity contribution in [3.63, 3.8) is 0 Å². The fourth-order valence-electron chi connectivity index (χ4n) is 12.1. The Labute approximate surface area is 488 Å². The lowest BCUT2D eigenvalue weighted by molar-refractivity contribution is 0.581. The van der Waals surface area contributed by atoms with E-state index < -0.39 is 22.3 Å². The fraction of sp³-hybridized carbons (Fsp3) is 0. The van der Waals surface area contributed by atoms with E-state index in [0.29, 0.717) is 27.3 Å². The summed E-state index contributed by atoms with van der Waals surface area (Å²) in [4.78, 5) is 5.49. The van der Waals surface area contributed by atoms with Gasteiger partial charge in [-0.25, -0.2) is 4.98 Å². The minimum Gasteiger partial charge on any atom is -0.270 e. The summed E-state index contributed by atoms with van der Waals surface area (Å²) in [6.07, 6.45) is 0. The highest BCUT2D eigenvalue weighted by atomic mass is 31.2. The van der Waals surface area contributed by atoms with Gasteiger partial charge >= 0.3 is 22.3 Å². The van der Waals surface area contributed by atoms with Gasteiger partial charge in [0.15, 0.2) is 0 Å². The van der Waals surface area contributed by atoms with Gasteiger partial charge in [-0.2, -0.15) is 0 Å². The summed E-state index contributed by atoms with van der Waals surface area (Å²) in [7, 11) is -11.4. The van der Waals surface area contributed by atoms with Crippen molar-refractivity contribution < 1.29 is 13.7 Å². The van der Waals surface area contributed by atoms with E-state index in [1.807, 2.05) is 343 Å². The zero-order valence-electron chi connectivity index (χ0n) is 45.2. The predicted octanol–water partition coefficient (Wildman–Crippen LogP) is 18.8. The summed E-state index contributed by atoms with van der Waals surface area (Å²) in [6, 6.07) is 103. The number of aromatic nitrogens is 1. The van der Waals surface area contributed by atoms with Crippen molar-refractivity contribution in [2.75, 3.05) is 28.0 Å². The van der Waals surface area contributed by atoms with Crippen molar-refractivity contribution >= 4 is 106 Å². The maximum Gasteiger partial charge on any atom is 0.301 e. The van der Waals surface area contributed by atoms with Crippen LogP contribution in [0.1, 0.15) is 0 Å². The average Bonchev–Trinajstić information content (AvgIpc) is 1.78. The summed E-state index contributed by atoms with van der Waals surface area (Å²) < 4.78 is 62.8. The zero-order chi connectivity index (χ0) is 56.4. The van der Waals surface area contributed by atoms with E-state index in [1.165, 1.54) is 0 Å². The molecule has 15 rings (SSSR count). The number of fused-ring (bicyclic) bond motifs is 3. The number of hydrogen-bond acceptors (Lipinski definition) is 4. The van der Waals surface area contributed by atoms with Crippen LogP contribution in [0.4, 0.5) is 68.2 Å². The van der Waals surface area contributed by atoms with Crippen LogP contribution >= 0.6 is 22.3 Å². The standard InChI is InChI=1S/C71H52N7O3P3/c79-82(73(55-25-7-1-8-26-55)66-37-19-20-38-67(66)74(82)56-27-9-2-10-28-56)61-47-43-53(44-48-61)64-51-63(84(81)77(59-33-15-5-16-34-59)70-41-23-24-42-71(70)78(84)60-35-17-6-18-36-60)52-65(72-64)54-45-49-62(50-46-54)83(80)75(57-29-11-3-12-30-57)68-39-21-22-40-69(68)76(83)58-31-13-4-14-32-58/h1-52H. The van der Waals surface area contributed by atoms with E-state index in [-0.39, 0.29) is 0 Å². The highest BCUT2D eigenvalue weighted by molar-refractivity contribution is 7.77. The Hall–Kier alpha value is -9.94. The molecule has 0 spiro atoms. The molecule has 11 aromatic carbocycles. The molecule has 0 aliphatic carbocycles. The summed E-state index contributed by atoms with van der Waals surface area (Å²) in [5.41, 5.74) is 12.2. The number of anilines is 12. The molecule has 10 nitrogen and oxygen atoms in total. The minimum atomic E-state index is -3.96. The molecule has 84 heavy (non-hydrogen) atoms. The largest absolute Gasteiger partial charge is 0.301 e. The van der Waals surface area contributed by atoms with Crippen LogP contribution in [0.15, 0.2) is 315 Å². The van der Waals surface area contributed by atoms with E-state index in [1.54, 1.807) is 0 Å². The van der Waals surface area contributed by atoms with Gasteiger partial charge in [0, 0.05) is 45.3 Å². The highest BCUT2D eigenvalue weighted by Gasteiger charge is 2.52. The predicted molar refractivity (Wildman–Crippen MR) is 348 cm³/mol. The lowest BCUT2D eigenvalue weighted by Gasteiger charge is -2.34. The molecule has 4 heterocycles. The van der Waals surface area contributed by atoms with Gasteiger partial charge in [-0.05, 0) is 146 Å². The quantitative estimate of drug-likeness (QED) is 0.117. The minimum absolute atomic E-state index is 0.536. The lowest BCUT2D eigenvalue weighted by atomic mass is 10.1. The number of rotatable bonds is 11. The van der Waals surface area contributed by atoms with Crippen LogP contribution in [-0.2, 0) is 13.7 Å². The van der Waals surface area contributed by atoms with Crippen LogP contribution in [0, 0.1) is 0 Å². The Kier molecular flexibility index (Phi) is 12.4. The number of para-hydroxylation sites is 12. The summed E-state index contributed by atoms with van der Waals surface area (Å²) in [5.74, 6) is 0. The topological polar surface area (TPSA) is 83.5 Å². The molecule has 3 aliphatic heterocycles. The van der Waals surface area contributed by atoms with Crippen LogP contribution in [0.25, 0.3) is 22.5 Å². The first-order chi connectivity index (χ1) is 41.3. The third kappa shape index (κ3) is 8.02. The second-order valence-electron chi connectivity index (χ2n) is 20.7. The van der Waals surface area contributed by atoms with Gasteiger partial charge in [-0.3, -0.25) is 41.7 Å².